The molecule has 7 nitrogen and oxygen atoms in total. The lowest BCUT2D eigenvalue weighted by molar-refractivity contribution is -0.135. The number of carbonyl (C=O) groups excluding carboxylic acids is 1. The van der Waals surface area contributed by atoms with E-state index in [9.17, 15) is 9.59 Å². The number of piperazine rings is 1. The summed E-state index contributed by atoms with van der Waals surface area (Å²) in [6.45, 7) is 9.58. The molecule has 0 saturated carbocycles. The molecule has 1 fully saturated rings. The van der Waals surface area contributed by atoms with Crippen LogP contribution in [0.25, 0.3) is 11.0 Å². The number of amides is 1. The van der Waals surface area contributed by atoms with Crippen LogP contribution in [0.4, 0.5) is 0 Å². The van der Waals surface area contributed by atoms with Crippen molar-refractivity contribution in [2.75, 3.05) is 39.3 Å². The predicted octanol–water partition coefficient (Wildman–Crippen LogP) is 2.88. The van der Waals surface area contributed by atoms with Crippen molar-refractivity contribution in [3.05, 3.63) is 69.3 Å². The number of fused-ring (bicyclic) bond motifs is 1. The zero-order chi connectivity index (χ0) is 22.7. The van der Waals surface area contributed by atoms with Gasteiger partial charge in [-0.3, -0.25) is 14.7 Å². The fourth-order valence-electron chi connectivity index (χ4n) is 4.07. The van der Waals surface area contributed by atoms with Crippen LogP contribution < -0.4 is 10.4 Å². The number of hydrogen-bond acceptors (Lipinski definition) is 6. The van der Waals surface area contributed by atoms with E-state index >= 15 is 0 Å². The normalized spacial score (nSPS) is 14.7. The van der Waals surface area contributed by atoms with Gasteiger partial charge in [0.15, 0.2) is 6.61 Å². The highest BCUT2D eigenvalue weighted by molar-refractivity contribution is 5.85. The monoisotopic (exact) mass is 435 g/mol. The highest BCUT2D eigenvalue weighted by atomic mass is 16.5. The first-order valence-corrected chi connectivity index (χ1v) is 11.0. The summed E-state index contributed by atoms with van der Waals surface area (Å²) in [5.41, 5.74) is 3.71. The molecule has 32 heavy (non-hydrogen) atoms. The number of ether oxygens (including phenoxy) is 1. The predicted molar refractivity (Wildman–Crippen MR) is 123 cm³/mol. The maximum atomic E-state index is 12.7. The average molecular weight is 436 g/mol. The molecule has 0 unspecified atom stereocenters. The van der Waals surface area contributed by atoms with Gasteiger partial charge < -0.3 is 14.1 Å². The number of nitrogens with zero attached hydrogens (tertiary/aromatic N) is 3. The number of carbonyl (C=O) groups is 1. The molecule has 2 aromatic heterocycles. The third kappa shape index (κ3) is 4.67. The Morgan fingerprint density at radius 1 is 1.00 bits per heavy atom. The van der Waals surface area contributed by atoms with Crippen LogP contribution in [0.3, 0.4) is 0 Å². The van der Waals surface area contributed by atoms with E-state index in [1.165, 1.54) is 5.56 Å². The Morgan fingerprint density at radius 2 is 1.72 bits per heavy atom. The summed E-state index contributed by atoms with van der Waals surface area (Å²) in [6.07, 6.45) is 4.62. The minimum atomic E-state index is -0.340. The minimum absolute atomic E-state index is 0.0279. The molecule has 3 heterocycles. The van der Waals surface area contributed by atoms with Crippen LogP contribution in [-0.4, -0.2) is 60.0 Å². The Balaban J connectivity index is 1.31. The van der Waals surface area contributed by atoms with E-state index in [-0.39, 0.29) is 18.1 Å². The van der Waals surface area contributed by atoms with Gasteiger partial charge in [0.25, 0.3) is 5.91 Å². The van der Waals surface area contributed by atoms with Crippen LogP contribution >= 0.6 is 0 Å². The molecule has 1 saturated heterocycles. The SMILES string of the molecule is Cc1c(C)c2ccc(OCC(=O)N3CCN(CCc4ccncc4)CC3)c(C)c2oc1=O. The second kappa shape index (κ2) is 9.53. The van der Waals surface area contributed by atoms with Gasteiger partial charge in [-0.05, 0) is 62.6 Å². The molecule has 0 aliphatic carbocycles. The van der Waals surface area contributed by atoms with E-state index in [1.807, 2.05) is 55.4 Å². The van der Waals surface area contributed by atoms with E-state index in [1.54, 1.807) is 6.92 Å². The van der Waals surface area contributed by atoms with Gasteiger partial charge in [-0.1, -0.05) is 0 Å². The standard InChI is InChI=1S/C25H29N3O4/c1-17-18(2)25(30)32-24-19(3)22(5-4-21(17)24)31-16-23(29)28-14-12-27(13-15-28)11-8-20-6-9-26-10-7-20/h4-7,9-10H,8,11-16H2,1-3H3. The zero-order valence-electron chi connectivity index (χ0n) is 18.9. The Hall–Kier alpha value is -3.19. The number of aryl methyl sites for hydroxylation is 2. The summed E-state index contributed by atoms with van der Waals surface area (Å²) >= 11 is 0. The summed E-state index contributed by atoms with van der Waals surface area (Å²) in [7, 11) is 0. The zero-order valence-corrected chi connectivity index (χ0v) is 18.9. The quantitative estimate of drug-likeness (QED) is 0.554. The van der Waals surface area contributed by atoms with Crippen molar-refractivity contribution in [2.24, 2.45) is 0 Å². The smallest absolute Gasteiger partial charge is 0.339 e. The summed E-state index contributed by atoms with van der Waals surface area (Å²) < 4.78 is 11.3. The molecule has 1 aliphatic heterocycles. The molecule has 1 aliphatic rings. The Morgan fingerprint density at radius 3 is 2.44 bits per heavy atom. The van der Waals surface area contributed by atoms with Gasteiger partial charge in [0, 0.05) is 61.6 Å². The Labute approximate surface area is 187 Å². The van der Waals surface area contributed by atoms with E-state index in [2.05, 4.69) is 9.88 Å². The van der Waals surface area contributed by atoms with Crippen molar-refractivity contribution < 1.29 is 13.9 Å². The van der Waals surface area contributed by atoms with E-state index in [0.717, 1.165) is 42.6 Å². The molecule has 0 atom stereocenters. The van der Waals surface area contributed by atoms with Crippen molar-refractivity contribution in [3.8, 4) is 5.75 Å². The van der Waals surface area contributed by atoms with E-state index in [0.29, 0.717) is 30.0 Å². The first kappa shape index (κ1) is 22.0. The van der Waals surface area contributed by atoms with Crippen molar-refractivity contribution in [3.63, 3.8) is 0 Å². The lowest BCUT2D eigenvalue weighted by atomic mass is 10.0. The van der Waals surface area contributed by atoms with E-state index in [4.69, 9.17) is 9.15 Å². The van der Waals surface area contributed by atoms with Crippen molar-refractivity contribution in [2.45, 2.75) is 27.2 Å². The fourth-order valence-corrected chi connectivity index (χ4v) is 4.07. The second-order valence-electron chi connectivity index (χ2n) is 8.32. The first-order valence-electron chi connectivity index (χ1n) is 11.0. The molecular formula is C25H29N3O4. The molecule has 0 radical (unpaired) electrons. The van der Waals surface area contributed by atoms with Gasteiger partial charge in [-0.25, -0.2) is 4.79 Å². The van der Waals surface area contributed by atoms with Crippen LogP contribution in [0, 0.1) is 20.8 Å². The summed E-state index contributed by atoms with van der Waals surface area (Å²) in [5, 5.41) is 0.890. The topological polar surface area (TPSA) is 75.9 Å². The molecule has 1 amide bonds. The molecule has 0 N–H and O–H groups in total. The maximum absolute atomic E-state index is 12.7. The maximum Gasteiger partial charge on any atom is 0.339 e. The summed E-state index contributed by atoms with van der Waals surface area (Å²) in [5.74, 6) is 0.535. The van der Waals surface area contributed by atoms with Crippen LogP contribution in [0.2, 0.25) is 0 Å². The highest BCUT2D eigenvalue weighted by Gasteiger charge is 2.22. The highest BCUT2D eigenvalue weighted by Crippen LogP contribution is 2.29. The van der Waals surface area contributed by atoms with Crippen molar-refractivity contribution in [1.82, 2.24) is 14.8 Å². The van der Waals surface area contributed by atoms with Gasteiger partial charge in [-0.2, -0.15) is 0 Å². The number of pyridine rings is 1. The van der Waals surface area contributed by atoms with Gasteiger partial charge in [0.1, 0.15) is 11.3 Å². The number of hydrogen-bond donors (Lipinski definition) is 0. The van der Waals surface area contributed by atoms with Gasteiger partial charge in [0.05, 0.1) is 0 Å². The average Bonchev–Trinajstić information content (AvgIpc) is 2.82. The molecule has 4 rings (SSSR count). The first-order chi connectivity index (χ1) is 15.4. The minimum Gasteiger partial charge on any atom is -0.483 e. The molecule has 7 heteroatoms. The molecular weight excluding hydrogens is 406 g/mol. The second-order valence-corrected chi connectivity index (χ2v) is 8.32. The van der Waals surface area contributed by atoms with Crippen LogP contribution in [-0.2, 0) is 11.2 Å². The molecule has 168 valence electrons. The fraction of sp³-hybridized carbons (Fsp3) is 0.400. The third-order valence-electron chi connectivity index (χ3n) is 6.37. The van der Waals surface area contributed by atoms with Crippen LogP contribution in [0.1, 0.15) is 22.3 Å². The third-order valence-corrected chi connectivity index (χ3v) is 6.37. The van der Waals surface area contributed by atoms with Crippen LogP contribution in [0.15, 0.2) is 45.9 Å². The molecule has 0 bridgehead atoms. The summed E-state index contributed by atoms with van der Waals surface area (Å²) in [6, 6.07) is 7.81. The lowest BCUT2D eigenvalue weighted by Crippen LogP contribution is -2.50. The van der Waals surface area contributed by atoms with Gasteiger partial charge in [0.2, 0.25) is 0 Å². The van der Waals surface area contributed by atoms with Gasteiger partial charge in [-0.15, -0.1) is 0 Å². The Kier molecular flexibility index (Phi) is 6.55. The molecule has 3 aromatic rings. The van der Waals surface area contributed by atoms with Crippen molar-refractivity contribution in [1.29, 1.82) is 0 Å². The molecule has 1 aromatic carbocycles. The van der Waals surface area contributed by atoms with Crippen LogP contribution in [0.5, 0.6) is 5.75 Å². The number of benzene rings is 1. The molecule has 0 spiro atoms. The van der Waals surface area contributed by atoms with Crippen molar-refractivity contribution >= 4 is 16.9 Å². The number of aromatic nitrogens is 1. The lowest BCUT2D eigenvalue weighted by Gasteiger charge is -2.34. The number of rotatable bonds is 6. The van der Waals surface area contributed by atoms with Gasteiger partial charge >= 0.3 is 5.63 Å². The van der Waals surface area contributed by atoms with E-state index < -0.39 is 0 Å². The summed E-state index contributed by atoms with van der Waals surface area (Å²) in [4.78, 5) is 33.0. The largest absolute Gasteiger partial charge is 0.483 e. The Bertz CT molecular complexity index is 1170.